The largest absolute Gasteiger partial charge is 0.311 e. The summed E-state index contributed by atoms with van der Waals surface area (Å²) in [6.07, 6.45) is 6.72. The highest BCUT2D eigenvalue weighted by molar-refractivity contribution is 5.93. The van der Waals surface area contributed by atoms with Gasteiger partial charge in [0.15, 0.2) is 22.6 Å². The number of hydrogen-bond donors (Lipinski definition) is 4. The van der Waals surface area contributed by atoms with Crippen LogP contribution < -0.4 is 21.3 Å². The Morgan fingerprint density at radius 2 is 0.541 bits per heavy atom. The Balaban J connectivity index is 0.810. The molecule has 0 radical (unpaired) electrons. The maximum absolute atomic E-state index is 13.2. The van der Waals surface area contributed by atoms with Gasteiger partial charge in [0.05, 0.1) is 0 Å². The van der Waals surface area contributed by atoms with Crippen molar-refractivity contribution in [1.29, 1.82) is 0 Å². The molecule has 0 atom stereocenters. The first-order valence-electron chi connectivity index (χ1n) is 25.5. The summed E-state index contributed by atoms with van der Waals surface area (Å²) in [7, 11) is 0. The molecule has 74 heavy (non-hydrogen) atoms. The molecule has 0 fully saturated rings. The van der Waals surface area contributed by atoms with Gasteiger partial charge in [0, 0.05) is 96.2 Å². The van der Waals surface area contributed by atoms with E-state index in [-0.39, 0.29) is 49.3 Å². The molecule has 8 heterocycles. The van der Waals surface area contributed by atoms with Crippen LogP contribution >= 0.6 is 0 Å². The molecule has 18 heteroatoms. The SMILES string of the molecule is Cc1ccc2ccc(NC(=O)CCN(CCCCCCCCN(CCC(=O)Nc3ccc4ccc(C)nc4n3)CCC(=O)Nc3ccc4ccc(C)nc4n3)CCC(=O)Nc3ccc4ccc(C)nc4n3)nc2n1. The number of aromatic nitrogens is 8. The second-order valence-electron chi connectivity index (χ2n) is 18.8. The fraction of sp³-hybridized carbons (Fsp3) is 0.357. The number of fused-ring (bicyclic) bond motifs is 4. The zero-order valence-corrected chi connectivity index (χ0v) is 42.7. The average molecular weight is 997 g/mol. The highest BCUT2D eigenvalue weighted by atomic mass is 16.2. The van der Waals surface area contributed by atoms with Crippen molar-refractivity contribution < 1.29 is 19.2 Å². The lowest BCUT2D eigenvalue weighted by molar-refractivity contribution is -0.118. The molecule has 8 aromatic heterocycles. The zero-order valence-electron chi connectivity index (χ0n) is 42.7. The van der Waals surface area contributed by atoms with Crippen molar-refractivity contribution in [2.75, 3.05) is 60.5 Å². The third-order valence-electron chi connectivity index (χ3n) is 12.7. The molecule has 8 aromatic rings. The fourth-order valence-corrected chi connectivity index (χ4v) is 8.56. The van der Waals surface area contributed by atoms with E-state index in [1.54, 1.807) is 24.3 Å². The molecule has 0 saturated heterocycles. The van der Waals surface area contributed by atoms with Gasteiger partial charge in [-0.15, -0.1) is 0 Å². The Labute approximate surface area is 430 Å². The van der Waals surface area contributed by atoms with E-state index in [0.29, 0.717) is 72.0 Å². The number of carbonyl (C=O) groups excluding carboxylic acids is 4. The monoisotopic (exact) mass is 997 g/mol. The van der Waals surface area contributed by atoms with Crippen molar-refractivity contribution in [2.24, 2.45) is 0 Å². The summed E-state index contributed by atoms with van der Waals surface area (Å²) < 4.78 is 0. The number of anilines is 4. The first kappa shape index (κ1) is 52.4. The Morgan fingerprint density at radius 1 is 0.311 bits per heavy atom. The van der Waals surface area contributed by atoms with E-state index in [4.69, 9.17) is 0 Å². The lowest BCUT2D eigenvalue weighted by atomic mass is 10.1. The number of hydrogen-bond acceptors (Lipinski definition) is 14. The Hall–Kier alpha value is -7.96. The van der Waals surface area contributed by atoms with Crippen LogP contribution in [0.5, 0.6) is 0 Å². The average Bonchev–Trinajstić information content (AvgIpc) is 3.37. The fourth-order valence-electron chi connectivity index (χ4n) is 8.56. The number of aryl methyl sites for hydroxylation is 4. The second kappa shape index (κ2) is 25.6. The molecule has 382 valence electrons. The highest BCUT2D eigenvalue weighted by Gasteiger charge is 2.16. The van der Waals surface area contributed by atoms with Gasteiger partial charge in [-0.05, 0) is 151 Å². The molecule has 0 saturated carbocycles. The van der Waals surface area contributed by atoms with Gasteiger partial charge in [0.2, 0.25) is 23.6 Å². The zero-order chi connectivity index (χ0) is 51.8. The number of rotatable bonds is 25. The van der Waals surface area contributed by atoms with Gasteiger partial charge in [0.25, 0.3) is 0 Å². The third-order valence-corrected chi connectivity index (χ3v) is 12.7. The Morgan fingerprint density at radius 3 is 0.797 bits per heavy atom. The van der Waals surface area contributed by atoms with Crippen molar-refractivity contribution in [3.63, 3.8) is 0 Å². The van der Waals surface area contributed by atoms with Crippen molar-refractivity contribution >= 4 is 91.0 Å². The van der Waals surface area contributed by atoms with Crippen molar-refractivity contribution in [2.45, 2.75) is 91.9 Å². The molecule has 8 rings (SSSR count). The van der Waals surface area contributed by atoms with E-state index < -0.39 is 0 Å². The van der Waals surface area contributed by atoms with Gasteiger partial charge in [0.1, 0.15) is 23.3 Å². The predicted octanol–water partition coefficient (Wildman–Crippen LogP) is 9.05. The molecule has 0 bridgehead atoms. The van der Waals surface area contributed by atoms with Crippen LogP contribution in [0.2, 0.25) is 0 Å². The Bertz CT molecular complexity index is 2860. The summed E-state index contributed by atoms with van der Waals surface area (Å²) in [6, 6.07) is 30.2. The maximum atomic E-state index is 13.2. The van der Waals surface area contributed by atoms with E-state index in [9.17, 15) is 19.2 Å². The van der Waals surface area contributed by atoms with Crippen LogP contribution in [-0.4, -0.2) is 113 Å². The smallest absolute Gasteiger partial charge is 0.226 e. The lowest BCUT2D eigenvalue weighted by Gasteiger charge is -2.22. The number of amides is 4. The number of pyridine rings is 8. The van der Waals surface area contributed by atoms with E-state index in [1.165, 1.54) is 0 Å². The Kier molecular flexibility index (Phi) is 18.1. The van der Waals surface area contributed by atoms with Crippen LogP contribution in [0, 0.1) is 27.7 Å². The van der Waals surface area contributed by atoms with Crippen molar-refractivity contribution in [3.8, 4) is 0 Å². The molecule has 4 amide bonds. The molecule has 0 aromatic carbocycles. The van der Waals surface area contributed by atoms with Crippen LogP contribution in [-0.2, 0) is 19.2 Å². The first-order valence-corrected chi connectivity index (χ1v) is 25.5. The first-order chi connectivity index (χ1) is 35.9. The van der Waals surface area contributed by atoms with Gasteiger partial charge in [-0.25, -0.2) is 39.9 Å². The standard InChI is InChI=1S/C56H64N14O4/c1-37-11-15-41-19-23-45(65-53(41)57-37)61-49(71)27-33-69(34-28-50(72)62-46-24-20-42-16-12-38(2)58-54(42)66-46)31-9-7-5-6-8-10-32-70(35-29-51(73)63-47-25-21-43-17-13-39(3)59-55(43)67-47)36-30-52(74)64-48-26-22-44-18-14-40(4)60-56(44)68-48/h11-26H,5-10,27-36H2,1-4H3,(H,57,61,65,71)(H,58,62,66,72)(H,59,63,67,73)(H,60,64,68,74). The van der Waals surface area contributed by atoms with Crippen molar-refractivity contribution in [1.82, 2.24) is 49.7 Å². The quantitative estimate of drug-likeness (QED) is 0.0392. The minimum Gasteiger partial charge on any atom is -0.311 e. The maximum Gasteiger partial charge on any atom is 0.226 e. The summed E-state index contributed by atoms with van der Waals surface area (Å²) in [6.45, 7) is 11.0. The van der Waals surface area contributed by atoms with Crippen LogP contribution in [0.15, 0.2) is 97.1 Å². The molecular formula is C56H64N14O4. The van der Waals surface area contributed by atoms with E-state index in [1.807, 2.05) is 100 Å². The normalized spacial score (nSPS) is 11.5. The van der Waals surface area contributed by atoms with E-state index in [0.717, 1.165) is 95.9 Å². The topological polar surface area (TPSA) is 226 Å². The highest BCUT2D eigenvalue weighted by Crippen LogP contribution is 2.19. The minimum absolute atomic E-state index is 0.165. The summed E-state index contributed by atoms with van der Waals surface area (Å²) >= 11 is 0. The van der Waals surface area contributed by atoms with Crippen LogP contribution in [0.1, 0.15) is 87.0 Å². The summed E-state index contributed by atoms with van der Waals surface area (Å²) in [5.74, 6) is 1.13. The van der Waals surface area contributed by atoms with Gasteiger partial charge in [-0.2, -0.15) is 0 Å². The van der Waals surface area contributed by atoms with Crippen molar-refractivity contribution in [3.05, 3.63) is 120 Å². The molecule has 18 nitrogen and oxygen atoms in total. The van der Waals surface area contributed by atoms with E-state index in [2.05, 4.69) is 70.9 Å². The molecule has 0 unspecified atom stereocenters. The van der Waals surface area contributed by atoms with Gasteiger partial charge < -0.3 is 31.1 Å². The summed E-state index contributed by atoms with van der Waals surface area (Å²) in [4.78, 5) is 93.3. The van der Waals surface area contributed by atoms with Gasteiger partial charge in [-0.1, -0.05) is 25.7 Å². The third kappa shape index (κ3) is 15.8. The lowest BCUT2D eigenvalue weighted by Crippen LogP contribution is -2.32. The molecular weight excluding hydrogens is 933 g/mol. The molecule has 4 N–H and O–H groups in total. The number of nitrogens with zero attached hydrogens (tertiary/aromatic N) is 10. The van der Waals surface area contributed by atoms with E-state index >= 15 is 0 Å². The van der Waals surface area contributed by atoms with Crippen LogP contribution in [0.4, 0.5) is 23.3 Å². The molecule has 0 spiro atoms. The van der Waals surface area contributed by atoms with Gasteiger partial charge in [-0.3, -0.25) is 19.2 Å². The summed E-state index contributed by atoms with van der Waals surface area (Å²) in [5, 5.41) is 15.3. The number of carbonyl (C=O) groups is 4. The molecule has 0 aliphatic carbocycles. The predicted molar refractivity (Wildman–Crippen MR) is 291 cm³/mol. The molecule has 0 aliphatic rings. The van der Waals surface area contributed by atoms with Gasteiger partial charge >= 0.3 is 0 Å². The summed E-state index contributed by atoms with van der Waals surface area (Å²) in [5.41, 5.74) is 5.69. The second-order valence-corrected chi connectivity index (χ2v) is 18.8. The minimum atomic E-state index is -0.165. The van der Waals surface area contributed by atoms with Crippen LogP contribution in [0.3, 0.4) is 0 Å². The van der Waals surface area contributed by atoms with Crippen LogP contribution in [0.25, 0.3) is 44.1 Å². The number of unbranched alkanes of at least 4 members (excludes halogenated alkanes) is 5. The number of nitrogens with one attached hydrogen (secondary N) is 4. The molecule has 0 aliphatic heterocycles.